The Morgan fingerprint density at radius 2 is 1.90 bits per heavy atom. The van der Waals surface area contributed by atoms with Gasteiger partial charge in [-0.2, -0.15) is 4.31 Å². The zero-order valence-electron chi connectivity index (χ0n) is 11.7. The minimum Gasteiger partial charge on any atom is -0.258 e. The van der Waals surface area contributed by atoms with Crippen LogP contribution in [0.2, 0.25) is 5.02 Å². The quantitative estimate of drug-likeness (QED) is 0.626. The molecule has 1 fully saturated rings. The summed E-state index contributed by atoms with van der Waals surface area (Å²) in [5.41, 5.74) is -0.394. The van der Waals surface area contributed by atoms with Crippen LogP contribution >= 0.6 is 11.6 Å². The summed E-state index contributed by atoms with van der Waals surface area (Å²) in [5.74, 6) is 0. The van der Waals surface area contributed by atoms with Gasteiger partial charge in [-0.05, 0) is 25.0 Å². The Morgan fingerprint density at radius 1 is 1.29 bits per heavy atom. The Kier molecular flexibility index (Phi) is 4.85. The summed E-state index contributed by atoms with van der Waals surface area (Å²) in [4.78, 5) is 10.1. The largest absolute Gasteiger partial charge is 0.289 e. The molecule has 21 heavy (non-hydrogen) atoms. The summed E-state index contributed by atoms with van der Waals surface area (Å²) < 4.78 is 26.5. The van der Waals surface area contributed by atoms with Gasteiger partial charge in [0, 0.05) is 19.2 Å². The number of sulfonamides is 1. The van der Waals surface area contributed by atoms with Crippen LogP contribution in [0.4, 0.5) is 5.69 Å². The third-order valence-electron chi connectivity index (χ3n) is 3.88. The molecule has 0 unspecified atom stereocenters. The van der Waals surface area contributed by atoms with Crippen molar-refractivity contribution in [3.8, 4) is 0 Å². The van der Waals surface area contributed by atoms with Crippen molar-refractivity contribution in [2.24, 2.45) is 0 Å². The van der Waals surface area contributed by atoms with Crippen molar-refractivity contribution in [2.75, 3.05) is 7.05 Å². The number of benzene rings is 1. The van der Waals surface area contributed by atoms with Crippen LogP contribution < -0.4 is 0 Å². The van der Waals surface area contributed by atoms with Crippen LogP contribution in [0, 0.1) is 10.1 Å². The lowest BCUT2D eigenvalue weighted by Gasteiger charge is -2.30. The van der Waals surface area contributed by atoms with Crippen LogP contribution in [0.15, 0.2) is 23.1 Å². The Labute approximate surface area is 128 Å². The van der Waals surface area contributed by atoms with E-state index in [4.69, 9.17) is 11.6 Å². The second-order valence-corrected chi connectivity index (χ2v) is 7.59. The number of rotatable bonds is 4. The lowest BCUT2D eigenvalue weighted by Crippen LogP contribution is -2.38. The third kappa shape index (κ3) is 3.36. The van der Waals surface area contributed by atoms with Crippen LogP contribution in [-0.4, -0.2) is 30.7 Å². The molecule has 0 N–H and O–H groups in total. The molecule has 0 spiro atoms. The molecule has 0 atom stereocenters. The molecule has 1 saturated carbocycles. The van der Waals surface area contributed by atoms with Gasteiger partial charge in [-0.15, -0.1) is 0 Å². The van der Waals surface area contributed by atoms with Gasteiger partial charge in [0.05, 0.1) is 9.82 Å². The zero-order valence-corrected chi connectivity index (χ0v) is 13.2. The summed E-state index contributed by atoms with van der Waals surface area (Å²) in [6.07, 6.45) is 4.78. The average Bonchev–Trinajstić information content (AvgIpc) is 2.47. The van der Waals surface area contributed by atoms with Gasteiger partial charge < -0.3 is 0 Å². The van der Waals surface area contributed by atoms with Crippen molar-refractivity contribution in [2.45, 2.75) is 43.0 Å². The molecule has 1 aliphatic carbocycles. The highest BCUT2D eigenvalue weighted by molar-refractivity contribution is 7.89. The zero-order chi connectivity index (χ0) is 15.6. The SMILES string of the molecule is CN(C1CCCCC1)S(=O)(=O)c1ccc(Cl)c([N+](=O)[O-])c1. The minimum atomic E-state index is -3.74. The van der Waals surface area contributed by atoms with E-state index in [1.807, 2.05) is 0 Å². The van der Waals surface area contributed by atoms with Gasteiger partial charge in [-0.1, -0.05) is 30.9 Å². The number of nitro groups is 1. The van der Waals surface area contributed by atoms with Crippen LogP contribution in [0.25, 0.3) is 0 Å². The van der Waals surface area contributed by atoms with Gasteiger partial charge in [0.15, 0.2) is 0 Å². The highest BCUT2D eigenvalue weighted by Crippen LogP contribution is 2.31. The Balaban J connectivity index is 2.34. The first kappa shape index (κ1) is 16.2. The molecule has 0 aromatic heterocycles. The molecule has 0 saturated heterocycles. The molecule has 116 valence electrons. The van der Waals surface area contributed by atoms with Gasteiger partial charge in [0.2, 0.25) is 10.0 Å². The van der Waals surface area contributed by atoms with Gasteiger partial charge >= 0.3 is 0 Å². The van der Waals surface area contributed by atoms with Gasteiger partial charge in [0.1, 0.15) is 5.02 Å². The van der Waals surface area contributed by atoms with Crippen molar-refractivity contribution in [3.05, 3.63) is 33.3 Å². The second-order valence-electron chi connectivity index (χ2n) is 5.18. The molecule has 1 aromatic rings. The first-order chi connectivity index (χ1) is 9.84. The van der Waals surface area contributed by atoms with E-state index in [1.54, 1.807) is 0 Å². The third-order valence-corrected chi connectivity index (χ3v) is 6.11. The Morgan fingerprint density at radius 3 is 2.48 bits per heavy atom. The number of halogens is 1. The lowest BCUT2D eigenvalue weighted by atomic mass is 9.96. The fourth-order valence-electron chi connectivity index (χ4n) is 2.60. The van der Waals surface area contributed by atoms with E-state index < -0.39 is 20.6 Å². The molecule has 0 heterocycles. The van der Waals surface area contributed by atoms with E-state index in [9.17, 15) is 18.5 Å². The fraction of sp³-hybridized carbons (Fsp3) is 0.538. The predicted octanol–water partition coefficient (Wildman–Crippen LogP) is 3.20. The maximum atomic E-state index is 12.6. The van der Waals surface area contributed by atoms with Crippen LogP contribution in [0.3, 0.4) is 0 Å². The fourth-order valence-corrected chi connectivity index (χ4v) is 4.22. The molecule has 2 rings (SSSR count). The van der Waals surface area contributed by atoms with E-state index in [2.05, 4.69) is 0 Å². The smallest absolute Gasteiger partial charge is 0.258 e. The Bertz CT molecular complexity index is 642. The van der Waals surface area contributed by atoms with Gasteiger partial charge in [-0.25, -0.2) is 8.42 Å². The van der Waals surface area contributed by atoms with Crippen molar-refractivity contribution in [3.63, 3.8) is 0 Å². The highest BCUT2D eigenvalue weighted by Gasteiger charge is 2.30. The average molecular weight is 333 g/mol. The standard InChI is InChI=1S/C13H17ClN2O4S/c1-15(10-5-3-2-4-6-10)21(19,20)11-7-8-12(14)13(9-11)16(17)18/h7-10H,2-6H2,1H3. The lowest BCUT2D eigenvalue weighted by molar-refractivity contribution is -0.384. The van der Waals surface area contributed by atoms with Crippen LogP contribution in [-0.2, 0) is 10.0 Å². The molecule has 0 aliphatic heterocycles. The number of nitrogens with zero attached hydrogens (tertiary/aromatic N) is 2. The van der Waals surface area contributed by atoms with Crippen molar-refractivity contribution >= 4 is 27.3 Å². The van der Waals surface area contributed by atoms with Gasteiger partial charge in [-0.3, -0.25) is 10.1 Å². The first-order valence-electron chi connectivity index (χ1n) is 6.76. The molecule has 6 nitrogen and oxygen atoms in total. The first-order valence-corrected chi connectivity index (χ1v) is 8.58. The van der Waals surface area contributed by atoms with E-state index in [0.29, 0.717) is 0 Å². The molecule has 1 aliphatic rings. The maximum Gasteiger partial charge on any atom is 0.289 e. The van der Waals surface area contributed by atoms with Crippen LogP contribution in [0.1, 0.15) is 32.1 Å². The maximum absolute atomic E-state index is 12.6. The molecule has 0 radical (unpaired) electrons. The van der Waals surface area contributed by atoms with E-state index in [0.717, 1.165) is 38.2 Å². The topological polar surface area (TPSA) is 80.5 Å². The van der Waals surface area contributed by atoms with Crippen molar-refractivity contribution < 1.29 is 13.3 Å². The molecular formula is C13H17ClN2O4S. The monoisotopic (exact) mass is 332 g/mol. The second kappa shape index (κ2) is 6.29. The normalized spacial score (nSPS) is 17.1. The molecule has 0 amide bonds. The number of nitro benzene ring substituents is 1. The van der Waals surface area contributed by atoms with Crippen molar-refractivity contribution in [1.82, 2.24) is 4.31 Å². The summed E-state index contributed by atoms with van der Waals surface area (Å²) in [6, 6.07) is 3.54. The van der Waals surface area contributed by atoms with E-state index >= 15 is 0 Å². The summed E-state index contributed by atoms with van der Waals surface area (Å²) in [5, 5.41) is 10.8. The summed E-state index contributed by atoms with van der Waals surface area (Å²) in [6.45, 7) is 0. The Hall–Kier alpha value is -1.18. The van der Waals surface area contributed by atoms with E-state index in [1.165, 1.54) is 23.5 Å². The molecule has 1 aromatic carbocycles. The number of hydrogen-bond donors (Lipinski definition) is 0. The van der Waals surface area contributed by atoms with E-state index in [-0.39, 0.29) is 16.0 Å². The minimum absolute atomic E-state index is 0.0431. The summed E-state index contributed by atoms with van der Waals surface area (Å²) in [7, 11) is -2.21. The summed E-state index contributed by atoms with van der Waals surface area (Å²) >= 11 is 5.72. The van der Waals surface area contributed by atoms with Crippen molar-refractivity contribution in [1.29, 1.82) is 0 Å². The predicted molar refractivity (Wildman–Crippen MR) is 79.9 cm³/mol. The van der Waals surface area contributed by atoms with Crippen LogP contribution in [0.5, 0.6) is 0 Å². The molecule has 0 bridgehead atoms. The van der Waals surface area contributed by atoms with Gasteiger partial charge in [0.25, 0.3) is 5.69 Å². The molecular weight excluding hydrogens is 316 g/mol. The highest BCUT2D eigenvalue weighted by atomic mass is 35.5. The molecule has 8 heteroatoms. The number of hydrogen-bond acceptors (Lipinski definition) is 4.